The van der Waals surface area contributed by atoms with Crippen molar-refractivity contribution in [3.63, 3.8) is 0 Å². The maximum Gasteiger partial charge on any atom is 0.264 e. The number of rotatable bonds is 4. The predicted molar refractivity (Wildman–Crippen MR) is 87.9 cm³/mol. The predicted octanol–water partition coefficient (Wildman–Crippen LogP) is 3.35. The molecule has 0 unspecified atom stereocenters. The normalized spacial score (nSPS) is 10.8. The maximum absolute atomic E-state index is 12.7. The van der Waals surface area contributed by atoms with Crippen LogP contribution in [0, 0.1) is 0 Å². The molecule has 0 aliphatic carbocycles. The number of pyridine rings is 2. The first kappa shape index (κ1) is 14.3. The second kappa shape index (κ2) is 6.02. The zero-order valence-electron chi connectivity index (χ0n) is 12.7. The molecule has 0 saturated carbocycles. The summed E-state index contributed by atoms with van der Waals surface area (Å²) in [5.74, 6) is 0.666. The quantitative estimate of drug-likeness (QED) is 0.741. The average molecular weight is 294 g/mol. The summed E-state index contributed by atoms with van der Waals surface area (Å²) in [6, 6.07) is 13.1. The van der Waals surface area contributed by atoms with Gasteiger partial charge >= 0.3 is 0 Å². The van der Waals surface area contributed by atoms with Gasteiger partial charge in [0.15, 0.2) is 0 Å². The van der Waals surface area contributed by atoms with Crippen molar-refractivity contribution in [1.82, 2.24) is 9.55 Å². The Morgan fingerprint density at radius 2 is 1.95 bits per heavy atom. The van der Waals surface area contributed by atoms with Crippen molar-refractivity contribution in [3.05, 3.63) is 64.7 Å². The second-order valence-electron chi connectivity index (χ2n) is 5.15. The third-order valence-electron chi connectivity index (χ3n) is 3.66. The van der Waals surface area contributed by atoms with Gasteiger partial charge in [0.1, 0.15) is 5.75 Å². The lowest BCUT2D eigenvalue weighted by Gasteiger charge is -2.11. The van der Waals surface area contributed by atoms with Gasteiger partial charge in [-0.05, 0) is 36.8 Å². The first-order chi connectivity index (χ1) is 10.7. The Labute approximate surface area is 129 Å². The summed E-state index contributed by atoms with van der Waals surface area (Å²) < 4.78 is 6.94. The maximum atomic E-state index is 12.7. The van der Waals surface area contributed by atoms with Gasteiger partial charge in [-0.1, -0.05) is 25.5 Å². The first-order valence-corrected chi connectivity index (χ1v) is 7.39. The van der Waals surface area contributed by atoms with E-state index in [9.17, 15) is 4.79 Å². The Balaban J connectivity index is 2.19. The minimum absolute atomic E-state index is 0.0856. The molecule has 4 nitrogen and oxygen atoms in total. The van der Waals surface area contributed by atoms with Crippen LogP contribution >= 0.6 is 0 Å². The zero-order valence-corrected chi connectivity index (χ0v) is 12.7. The van der Waals surface area contributed by atoms with Crippen LogP contribution in [0.2, 0.25) is 0 Å². The molecule has 0 aliphatic heterocycles. The number of aryl methyl sites for hydroxylation is 1. The Morgan fingerprint density at radius 3 is 2.73 bits per heavy atom. The van der Waals surface area contributed by atoms with E-state index in [4.69, 9.17) is 4.74 Å². The van der Waals surface area contributed by atoms with Gasteiger partial charge in [-0.15, -0.1) is 0 Å². The molecule has 0 aliphatic rings. The van der Waals surface area contributed by atoms with Gasteiger partial charge in [0.05, 0.1) is 23.7 Å². The highest BCUT2D eigenvalue weighted by Gasteiger charge is 2.09. The van der Waals surface area contributed by atoms with Crippen molar-refractivity contribution in [2.75, 3.05) is 7.11 Å². The molecule has 0 bridgehead atoms. The van der Waals surface area contributed by atoms with Crippen molar-refractivity contribution >= 4 is 10.9 Å². The monoisotopic (exact) mass is 294 g/mol. The van der Waals surface area contributed by atoms with E-state index in [2.05, 4.69) is 11.9 Å². The summed E-state index contributed by atoms with van der Waals surface area (Å²) in [5, 5.41) is 0.619. The van der Waals surface area contributed by atoms with Crippen LogP contribution in [0.4, 0.5) is 0 Å². The summed E-state index contributed by atoms with van der Waals surface area (Å²) in [6.45, 7) is 2.12. The van der Waals surface area contributed by atoms with E-state index in [-0.39, 0.29) is 5.56 Å². The minimum atomic E-state index is -0.0856. The SMILES string of the molecule is CCCc1ccc2c(=O)n(-c3ccccc3OC)ccc2n1. The van der Waals surface area contributed by atoms with Crippen molar-refractivity contribution in [2.24, 2.45) is 0 Å². The third kappa shape index (κ3) is 2.48. The number of ether oxygens (including phenoxy) is 1. The molecule has 0 fully saturated rings. The number of benzene rings is 1. The van der Waals surface area contributed by atoms with Gasteiger partial charge in [0.2, 0.25) is 0 Å². The average Bonchev–Trinajstić information content (AvgIpc) is 2.55. The molecule has 0 amide bonds. The highest BCUT2D eigenvalue weighted by Crippen LogP contribution is 2.21. The number of hydrogen-bond donors (Lipinski definition) is 0. The zero-order chi connectivity index (χ0) is 15.5. The smallest absolute Gasteiger partial charge is 0.264 e. The molecule has 0 spiro atoms. The highest BCUT2D eigenvalue weighted by molar-refractivity contribution is 5.78. The summed E-state index contributed by atoms with van der Waals surface area (Å²) in [7, 11) is 1.60. The molecule has 0 radical (unpaired) electrons. The highest BCUT2D eigenvalue weighted by atomic mass is 16.5. The van der Waals surface area contributed by atoms with E-state index in [0.29, 0.717) is 11.1 Å². The Hall–Kier alpha value is -2.62. The minimum Gasteiger partial charge on any atom is -0.495 e. The first-order valence-electron chi connectivity index (χ1n) is 7.39. The topological polar surface area (TPSA) is 44.1 Å². The molecule has 3 aromatic rings. The summed E-state index contributed by atoms with van der Waals surface area (Å²) in [4.78, 5) is 17.3. The van der Waals surface area contributed by atoms with Gasteiger partial charge < -0.3 is 4.74 Å². The van der Waals surface area contributed by atoms with Crippen LogP contribution in [0.15, 0.2) is 53.5 Å². The molecule has 2 heterocycles. The second-order valence-corrected chi connectivity index (χ2v) is 5.15. The van der Waals surface area contributed by atoms with E-state index in [1.807, 2.05) is 42.5 Å². The van der Waals surface area contributed by atoms with Crippen LogP contribution in [0.3, 0.4) is 0 Å². The fraction of sp³-hybridized carbons (Fsp3) is 0.222. The van der Waals surface area contributed by atoms with Crippen molar-refractivity contribution < 1.29 is 4.74 Å². The van der Waals surface area contributed by atoms with Crippen LogP contribution in [0.5, 0.6) is 5.75 Å². The molecule has 0 atom stereocenters. The summed E-state index contributed by atoms with van der Waals surface area (Å²) >= 11 is 0. The van der Waals surface area contributed by atoms with Crippen LogP contribution in [0.1, 0.15) is 19.0 Å². The lowest BCUT2D eigenvalue weighted by atomic mass is 10.2. The van der Waals surface area contributed by atoms with Gasteiger partial charge in [-0.2, -0.15) is 0 Å². The van der Waals surface area contributed by atoms with E-state index in [1.54, 1.807) is 17.9 Å². The van der Waals surface area contributed by atoms with E-state index in [1.165, 1.54) is 0 Å². The Kier molecular flexibility index (Phi) is 3.92. The molecule has 22 heavy (non-hydrogen) atoms. The van der Waals surface area contributed by atoms with E-state index < -0.39 is 0 Å². The van der Waals surface area contributed by atoms with Gasteiger partial charge in [-0.3, -0.25) is 14.3 Å². The molecule has 2 aromatic heterocycles. The third-order valence-corrected chi connectivity index (χ3v) is 3.66. The molecule has 112 valence electrons. The van der Waals surface area contributed by atoms with Crippen molar-refractivity contribution in [3.8, 4) is 11.4 Å². The van der Waals surface area contributed by atoms with E-state index in [0.717, 1.165) is 29.7 Å². The standard InChI is InChI=1S/C18H18N2O2/c1-3-6-13-9-10-14-15(19-13)11-12-20(18(14)21)16-7-4-5-8-17(16)22-2/h4-5,7-12H,3,6H2,1-2H3. The largest absolute Gasteiger partial charge is 0.495 e. The van der Waals surface area contributed by atoms with Gasteiger partial charge in [0, 0.05) is 11.9 Å². The molecule has 3 rings (SSSR count). The summed E-state index contributed by atoms with van der Waals surface area (Å²) in [6.07, 6.45) is 3.72. The molecular formula is C18H18N2O2. The molecule has 0 saturated heterocycles. The van der Waals surface area contributed by atoms with Gasteiger partial charge in [0.25, 0.3) is 5.56 Å². The fourth-order valence-electron chi connectivity index (χ4n) is 2.58. The van der Waals surface area contributed by atoms with Crippen molar-refractivity contribution in [1.29, 1.82) is 0 Å². The van der Waals surface area contributed by atoms with Gasteiger partial charge in [-0.25, -0.2) is 0 Å². The fourth-order valence-corrected chi connectivity index (χ4v) is 2.58. The lowest BCUT2D eigenvalue weighted by Crippen LogP contribution is -2.18. The number of aromatic nitrogens is 2. The molecule has 4 heteroatoms. The molecular weight excluding hydrogens is 276 g/mol. The molecule has 0 N–H and O–H groups in total. The van der Waals surface area contributed by atoms with E-state index >= 15 is 0 Å². The number of hydrogen-bond acceptors (Lipinski definition) is 3. The number of fused-ring (bicyclic) bond motifs is 1. The molecule has 1 aromatic carbocycles. The van der Waals surface area contributed by atoms with Crippen LogP contribution in [-0.2, 0) is 6.42 Å². The number of para-hydroxylation sites is 2. The lowest BCUT2D eigenvalue weighted by molar-refractivity contribution is 0.412. The number of nitrogens with zero attached hydrogens (tertiary/aromatic N) is 2. The summed E-state index contributed by atoms with van der Waals surface area (Å²) in [5.41, 5.74) is 2.40. The Morgan fingerprint density at radius 1 is 1.14 bits per heavy atom. The van der Waals surface area contributed by atoms with Crippen LogP contribution < -0.4 is 10.3 Å². The number of methoxy groups -OCH3 is 1. The van der Waals surface area contributed by atoms with Crippen LogP contribution in [0.25, 0.3) is 16.6 Å². The van der Waals surface area contributed by atoms with Crippen LogP contribution in [-0.4, -0.2) is 16.7 Å². The van der Waals surface area contributed by atoms with Crippen molar-refractivity contribution in [2.45, 2.75) is 19.8 Å². The Bertz CT molecular complexity index is 868.